The van der Waals surface area contributed by atoms with Crippen LogP contribution in [0.3, 0.4) is 0 Å². The molecule has 2 unspecified atom stereocenters. The van der Waals surface area contributed by atoms with Crippen molar-refractivity contribution in [1.82, 2.24) is 9.80 Å². The van der Waals surface area contributed by atoms with Crippen LogP contribution in [0.5, 0.6) is 0 Å². The fourth-order valence-corrected chi connectivity index (χ4v) is 2.15. The molecule has 0 spiro atoms. The molecule has 1 fully saturated rings. The highest BCUT2D eigenvalue weighted by atomic mass is 16.3. The van der Waals surface area contributed by atoms with Crippen molar-refractivity contribution in [2.45, 2.75) is 38.9 Å². The fourth-order valence-electron chi connectivity index (χ4n) is 2.15. The van der Waals surface area contributed by atoms with Crippen molar-refractivity contribution >= 4 is 0 Å². The highest BCUT2D eigenvalue weighted by Crippen LogP contribution is 2.15. The van der Waals surface area contributed by atoms with E-state index < -0.39 is 0 Å². The van der Waals surface area contributed by atoms with Gasteiger partial charge in [-0.25, -0.2) is 0 Å². The minimum absolute atomic E-state index is 0.270. The molecule has 0 aromatic heterocycles. The Morgan fingerprint density at radius 1 is 1.38 bits per heavy atom. The third-order valence-corrected chi connectivity index (χ3v) is 3.04. The van der Waals surface area contributed by atoms with E-state index in [1.165, 1.54) is 0 Å². The van der Waals surface area contributed by atoms with E-state index in [0.29, 0.717) is 18.1 Å². The van der Waals surface area contributed by atoms with Crippen LogP contribution in [-0.4, -0.2) is 59.8 Å². The van der Waals surface area contributed by atoms with E-state index in [-0.39, 0.29) is 6.61 Å². The molecular weight excluding hydrogens is 164 g/mol. The van der Waals surface area contributed by atoms with Gasteiger partial charge in [0.25, 0.3) is 0 Å². The Morgan fingerprint density at radius 2 is 2.00 bits per heavy atom. The van der Waals surface area contributed by atoms with E-state index in [0.717, 1.165) is 13.1 Å². The van der Waals surface area contributed by atoms with Crippen molar-refractivity contribution in [3.05, 3.63) is 0 Å². The van der Waals surface area contributed by atoms with Crippen LogP contribution in [0, 0.1) is 0 Å². The predicted octanol–water partition coefficient (Wildman–Crippen LogP) is 0.392. The zero-order chi connectivity index (χ0) is 10.0. The van der Waals surface area contributed by atoms with Gasteiger partial charge in [0.05, 0.1) is 6.61 Å². The molecule has 0 bridgehead atoms. The maximum Gasteiger partial charge on any atom is 0.0599 e. The highest BCUT2D eigenvalue weighted by molar-refractivity contribution is 4.86. The normalized spacial score (nSPS) is 32.8. The summed E-state index contributed by atoms with van der Waals surface area (Å²) in [6.45, 7) is 9.01. The van der Waals surface area contributed by atoms with Gasteiger partial charge in [0.15, 0.2) is 0 Å². The van der Waals surface area contributed by atoms with E-state index in [9.17, 15) is 5.11 Å². The van der Waals surface area contributed by atoms with Crippen LogP contribution in [0.4, 0.5) is 0 Å². The molecule has 1 N–H and O–H groups in total. The Hall–Kier alpha value is -0.120. The molecule has 1 saturated heterocycles. The van der Waals surface area contributed by atoms with E-state index in [2.05, 4.69) is 37.6 Å². The quantitative estimate of drug-likeness (QED) is 0.676. The molecule has 1 aliphatic rings. The molecule has 0 radical (unpaired) electrons. The molecule has 78 valence electrons. The number of aliphatic hydroxyl groups excluding tert-OH is 1. The SMILES string of the molecule is CC(C)N1CC(CO)N(C)CC1C. The van der Waals surface area contributed by atoms with Crippen LogP contribution in [0.15, 0.2) is 0 Å². The summed E-state index contributed by atoms with van der Waals surface area (Å²) in [5, 5.41) is 9.18. The van der Waals surface area contributed by atoms with Crippen molar-refractivity contribution in [3.63, 3.8) is 0 Å². The van der Waals surface area contributed by atoms with Crippen LogP contribution in [0.2, 0.25) is 0 Å². The Balaban J connectivity index is 2.58. The molecule has 1 rings (SSSR count). The fraction of sp³-hybridized carbons (Fsp3) is 1.00. The van der Waals surface area contributed by atoms with Crippen LogP contribution < -0.4 is 0 Å². The van der Waals surface area contributed by atoms with Gasteiger partial charge in [-0.15, -0.1) is 0 Å². The first kappa shape index (κ1) is 11.0. The molecule has 13 heavy (non-hydrogen) atoms. The molecule has 3 nitrogen and oxygen atoms in total. The molecule has 2 atom stereocenters. The lowest BCUT2D eigenvalue weighted by Gasteiger charge is -2.45. The lowest BCUT2D eigenvalue weighted by molar-refractivity contribution is 0.00904. The molecule has 3 heteroatoms. The molecule has 0 amide bonds. The average molecular weight is 186 g/mol. The number of hydrogen-bond acceptors (Lipinski definition) is 3. The molecule has 0 aromatic rings. The number of piperazine rings is 1. The second-order valence-corrected chi connectivity index (χ2v) is 4.42. The minimum atomic E-state index is 0.270. The van der Waals surface area contributed by atoms with Crippen molar-refractivity contribution in [2.24, 2.45) is 0 Å². The number of aliphatic hydroxyl groups is 1. The monoisotopic (exact) mass is 186 g/mol. The Labute approximate surface area is 81.3 Å². The van der Waals surface area contributed by atoms with Gasteiger partial charge in [0.2, 0.25) is 0 Å². The van der Waals surface area contributed by atoms with Gasteiger partial charge in [-0.3, -0.25) is 9.80 Å². The second-order valence-electron chi connectivity index (χ2n) is 4.42. The first-order valence-corrected chi connectivity index (χ1v) is 5.13. The van der Waals surface area contributed by atoms with Gasteiger partial charge in [0, 0.05) is 31.2 Å². The third kappa shape index (κ3) is 2.42. The first-order chi connectivity index (χ1) is 6.06. The van der Waals surface area contributed by atoms with Crippen LogP contribution >= 0.6 is 0 Å². The van der Waals surface area contributed by atoms with Crippen molar-refractivity contribution < 1.29 is 5.11 Å². The standard InChI is InChI=1S/C10H22N2O/c1-8(2)12-6-10(7-13)11(4)5-9(12)3/h8-10,13H,5-7H2,1-4H3. The van der Waals surface area contributed by atoms with Gasteiger partial charge in [-0.2, -0.15) is 0 Å². The number of hydrogen-bond donors (Lipinski definition) is 1. The molecular formula is C10H22N2O. The molecule has 0 aromatic carbocycles. The molecule has 0 saturated carbocycles. The third-order valence-electron chi connectivity index (χ3n) is 3.04. The number of nitrogens with zero attached hydrogens (tertiary/aromatic N) is 2. The average Bonchev–Trinajstić information content (AvgIpc) is 2.03. The van der Waals surface area contributed by atoms with Gasteiger partial charge in [-0.1, -0.05) is 0 Å². The lowest BCUT2D eigenvalue weighted by atomic mass is 10.1. The Bertz CT molecular complexity index is 161. The van der Waals surface area contributed by atoms with Gasteiger partial charge < -0.3 is 5.11 Å². The number of rotatable bonds is 2. The summed E-state index contributed by atoms with van der Waals surface area (Å²) in [6, 6.07) is 1.50. The number of likely N-dealkylation sites (N-methyl/N-ethyl adjacent to an activating group) is 1. The summed E-state index contributed by atoms with van der Waals surface area (Å²) in [7, 11) is 2.09. The van der Waals surface area contributed by atoms with Gasteiger partial charge >= 0.3 is 0 Å². The summed E-state index contributed by atoms with van der Waals surface area (Å²) >= 11 is 0. The van der Waals surface area contributed by atoms with Gasteiger partial charge in [0.1, 0.15) is 0 Å². The van der Waals surface area contributed by atoms with Crippen molar-refractivity contribution in [1.29, 1.82) is 0 Å². The molecule has 1 heterocycles. The predicted molar refractivity (Wildman–Crippen MR) is 54.8 cm³/mol. The molecule has 0 aliphatic carbocycles. The van der Waals surface area contributed by atoms with Crippen LogP contribution in [-0.2, 0) is 0 Å². The Kier molecular flexibility index (Phi) is 3.71. The van der Waals surface area contributed by atoms with Gasteiger partial charge in [-0.05, 0) is 27.8 Å². The van der Waals surface area contributed by atoms with E-state index in [1.807, 2.05) is 0 Å². The lowest BCUT2D eigenvalue weighted by Crippen LogP contribution is -2.58. The van der Waals surface area contributed by atoms with Crippen molar-refractivity contribution in [2.75, 3.05) is 26.7 Å². The second kappa shape index (κ2) is 4.40. The van der Waals surface area contributed by atoms with Crippen LogP contribution in [0.1, 0.15) is 20.8 Å². The minimum Gasteiger partial charge on any atom is -0.395 e. The summed E-state index contributed by atoms with van der Waals surface area (Å²) in [5.74, 6) is 0. The van der Waals surface area contributed by atoms with E-state index >= 15 is 0 Å². The summed E-state index contributed by atoms with van der Waals surface area (Å²) < 4.78 is 0. The highest BCUT2D eigenvalue weighted by Gasteiger charge is 2.29. The first-order valence-electron chi connectivity index (χ1n) is 5.13. The van der Waals surface area contributed by atoms with E-state index in [4.69, 9.17) is 0 Å². The van der Waals surface area contributed by atoms with Crippen LogP contribution in [0.25, 0.3) is 0 Å². The zero-order valence-corrected chi connectivity index (χ0v) is 9.20. The maximum atomic E-state index is 9.18. The summed E-state index contributed by atoms with van der Waals surface area (Å²) in [4.78, 5) is 4.71. The Morgan fingerprint density at radius 3 is 2.46 bits per heavy atom. The van der Waals surface area contributed by atoms with Crippen molar-refractivity contribution in [3.8, 4) is 0 Å². The summed E-state index contributed by atoms with van der Waals surface area (Å²) in [5.41, 5.74) is 0. The largest absolute Gasteiger partial charge is 0.395 e. The smallest absolute Gasteiger partial charge is 0.0599 e. The topological polar surface area (TPSA) is 26.7 Å². The summed E-state index contributed by atoms with van der Waals surface area (Å²) in [6.07, 6.45) is 0. The zero-order valence-electron chi connectivity index (χ0n) is 9.20. The van der Waals surface area contributed by atoms with E-state index in [1.54, 1.807) is 0 Å². The maximum absolute atomic E-state index is 9.18. The molecule has 1 aliphatic heterocycles.